The molecule has 2 atom stereocenters. The summed E-state index contributed by atoms with van der Waals surface area (Å²) in [6, 6.07) is 0. The van der Waals surface area contributed by atoms with Gasteiger partial charge in [0.1, 0.15) is 6.33 Å². The molecule has 102 valence electrons. The summed E-state index contributed by atoms with van der Waals surface area (Å²) in [6.07, 6.45) is 5.30. The Morgan fingerprint density at radius 3 is 2.95 bits per heavy atom. The molecule has 0 spiro atoms. The molecule has 6 heteroatoms. The molecule has 0 amide bonds. The van der Waals surface area contributed by atoms with Crippen molar-refractivity contribution in [1.29, 1.82) is 0 Å². The standard InChI is InChI=1S/C13H19N5O/c1-8-3-4-9(5-8)6-18-11-10(17-13(18)14)12(19-2)16-7-15-11/h7-9H,3-6H2,1-2H3,(H2,14,17). The van der Waals surface area contributed by atoms with Crippen LogP contribution in [0.5, 0.6) is 5.88 Å². The molecule has 6 nitrogen and oxygen atoms in total. The van der Waals surface area contributed by atoms with Crippen molar-refractivity contribution in [2.75, 3.05) is 12.8 Å². The quantitative estimate of drug-likeness (QED) is 0.912. The second kappa shape index (κ2) is 4.68. The number of methoxy groups -OCH3 is 1. The normalized spacial score (nSPS) is 23.1. The maximum atomic E-state index is 6.02. The number of fused-ring (bicyclic) bond motifs is 1. The Kier molecular flexibility index (Phi) is 3.00. The molecular weight excluding hydrogens is 242 g/mol. The van der Waals surface area contributed by atoms with Crippen LogP contribution in [0.3, 0.4) is 0 Å². The van der Waals surface area contributed by atoms with Crippen LogP contribution < -0.4 is 10.5 Å². The highest BCUT2D eigenvalue weighted by Crippen LogP contribution is 2.33. The molecule has 1 fully saturated rings. The Balaban J connectivity index is 1.97. The zero-order valence-electron chi connectivity index (χ0n) is 11.3. The third-order valence-corrected chi connectivity index (χ3v) is 3.97. The molecule has 2 heterocycles. The van der Waals surface area contributed by atoms with Crippen molar-refractivity contribution in [2.24, 2.45) is 11.8 Å². The fourth-order valence-corrected chi connectivity index (χ4v) is 3.01. The molecule has 3 rings (SSSR count). The van der Waals surface area contributed by atoms with E-state index in [1.807, 2.05) is 4.57 Å². The van der Waals surface area contributed by atoms with Crippen molar-refractivity contribution >= 4 is 17.1 Å². The molecule has 0 bridgehead atoms. The van der Waals surface area contributed by atoms with Gasteiger partial charge in [0, 0.05) is 6.54 Å². The first kappa shape index (κ1) is 12.2. The van der Waals surface area contributed by atoms with Gasteiger partial charge in [0.05, 0.1) is 7.11 Å². The summed E-state index contributed by atoms with van der Waals surface area (Å²) in [5, 5.41) is 0. The summed E-state index contributed by atoms with van der Waals surface area (Å²) in [5.41, 5.74) is 7.43. The monoisotopic (exact) mass is 261 g/mol. The largest absolute Gasteiger partial charge is 0.479 e. The number of nitrogens with two attached hydrogens (primary N) is 1. The SMILES string of the molecule is COc1ncnc2c1nc(N)n2CC1CCC(C)C1. The van der Waals surface area contributed by atoms with Crippen LogP contribution in [0.4, 0.5) is 5.95 Å². The second-order valence-electron chi connectivity index (χ2n) is 5.42. The fraction of sp³-hybridized carbons (Fsp3) is 0.615. The number of anilines is 1. The summed E-state index contributed by atoms with van der Waals surface area (Å²) in [5.74, 6) is 2.45. The van der Waals surface area contributed by atoms with Gasteiger partial charge in [-0.05, 0) is 24.7 Å². The average molecular weight is 261 g/mol. The van der Waals surface area contributed by atoms with Crippen molar-refractivity contribution < 1.29 is 4.74 Å². The number of aromatic nitrogens is 4. The van der Waals surface area contributed by atoms with Gasteiger partial charge in [0.15, 0.2) is 11.2 Å². The number of hydrogen-bond donors (Lipinski definition) is 1. The Bertz CT molecular complexity index is 594. The second-order valence-corrected chi connectivity index (χ2v) is 5.42. The van der Waals surface area contributed by atoms with Crippen LogP contribution in [0.15, 0.2) is 6.33 Å². The Morgan fingerprint density at radius 1 is 1.42 bits per heavy atom. The smallest absolute Gasteiger partial charge is 0.245 e. The number of nitrogen functional groups attached to an aromatic ring is 1. The Hall–Kier alpha value is -1.85. The predicted octanol–water partition coefficient (Wildman–Crippen LogP) is 1.85. The van der Waals surface area contributed by atoms with E-state index in [-0.39, 0.29) is 0 Å². The molecule has 2 aromatic rings. The minimum absolute atomic E-state index is 0.482. The van der Waals surface area contributed by atoms with E-state index in [0.29, 0.717) is 23.3 Å². The van der Waals surface area contributed by atoms with E-state index in [4.69, 9.17) is 10.5 Å². The van der Waals surface area contributed by atoms with Crippen molar-refractivity contribution in [3.8, 4) is 5.88 Å². The van der Waals surface area contributed by atoms with E-state index in [9.17, 15) is 0 Å². The minimum atomic E-state index is 0.482. The van der Waals surface area contributed by atoms with Gasteiger partial charge in [-0.3, -0.25) is 4.57 Å². The number of imidazole rings is 1. The lowest BCUT2D eigenvalue weighted by molar-refractivity contribution is 0.401. The first-order valence-electron chi connectivity index (χ1n) is 6.69. The molecule has 2 aromatic heterocycles. The van der Waals surface area contributed by atoms with Crippen LogP contribution in [0, 0.1) is 11.8 Å². The van der Waals surface area contributed by atoms with Crippen molar-refractivity contribution in [2.45, 2.75) is 32.7 Å². The maximum absolute atomic E-state index is 6.02. The topological polar surface area (TPSA) is 78.8 Å². The van der Waals surface area contributed by atoms with E-state index in [0.717, 1.165) is 18.1 Å². The summed E-state index contributed by atoms with van der Waals surface area (Å²) >= 11 is 0. The van der Waals surface area contributed by atoms with Gasteiger partial charge in [0.25, 0.3) is 0 Å². The molecular formula is C13H19N5O. The molecule has 1 aliphatic rings. The molecule has 1 saturated carbocycles. The van der Waals surface area contributed by atoms with Crippen LogP contribution in [0.2, 0.25) is 0 Å². The maximum Gasteiger partial charge on any atom is 0.245 e. The predicted molar refractivity (Wildman–Crippen MR) is 72.8 cm³/mol. The van der Waals surface area contributed by atoms with Crippen molar-refractivity contribution in [1.82, 2.24) is 19.5 Å². The summed E-state index contributed by atoms with van der Waals surface area (Å²) < 4.78 is 7.19. The van der Waals surface area contributed by atoms with Gasteiger partial charge in [-0.15, -0.1) is 0 Å². The molecule has 2 N–H and O–H groups in total. The van der Waals surface area contributed by atoms with Crippen LogP contribution in [0.1, 0.15) is 26.2 Å². The van der Waals surface area contributed by atoms with Crippen LogP contribution in [-0.2, 0) is 6.54 Å². The number of hydrogen-bond acceptors (Lipinski definition) is 5. The first-order chi connectivity index (χ1) is 9.19. The fourth-order valence-electron chi connectivity index (χ4n) is 3.01. The summed E-state index contributed by atoms with van der Waals surface area (Å²) in [6.45, 7) is 3.19. The number of rotatable bonds is 3. The van der Waals surface area contributed by atoms with Gasteiger partial charge in [-0.25, -0.2) is 9.97 Å². The van der Waals surface area contributed by atoms with E-state index < -0.39 is 0 Å². The lowest BCUT2D eigenvalue weighted by Gasteiger charge is -2.12. The number of nitrogens with zero attached hydrogens (tertiary/aromatic N) is 4. The summed E-state index contributed by atoms with van der Waals surface area (Å²) in [4.78, 5) is 12.7. The molecule has 19 heavy (non-hydrogen) atoms. The minimum Gasteiger partial charge on any atom is -0.479 e. The van der Waals surface area contributed by atoms with Crippen LogP contribution in [-0.4, -0.2) is 26.6 Å². The molecule has 0 aromatic carbocycles. The highest BCUT2D eigenvalue weighted by Gasteiger charge is 2.24. The molecule has 0 saturated heterocycles. The van der Waals surface area contributed by atoms with E-state index in [1.165, 1.54) is 25.6 Å². The zero-order valence-corrected chi connectivity index (χ0v) is 11.3. The van der Waals surface area contributed by atoms with Gasteiger partial charge in [-0.2, -0.15) is 4.98 Å². The third kappa shape index (κ3) is 2.11. The third-order valence-electron chi connectivity index (χ3n) is 3.97. The van der Waals surface area contributed by atoms with E-state index in [2.05, 4.69) is 21.9 Å². The summed E-state index contributed by atoms with van der Waals surface area (Å²) in [7, 11) is 1.58. The number of ether oxygens (including phenoxy) is 1. The van der Waals surface area contributed by atoms with Gasteiger partial charge in [0.2, 0.25) is 11.8 Å². The van der Waals surface area contributed by atoms with E-state index in [1.54, 1.807) is 7.11 Å². The molecule has 0 radical (unpaired) electrons. The van der Waals surface area contributed by atoms with E-state index >= 15 is 0 Å². The van der Waals surface area contributed by atoms with Crippen LogP contribution in [0.25, 0.3) is 11.2 Å². The molecule has 1 aliphatic carbocycles. The lowest BCUT2D eigenvalue weighted by Crippen LogP contribution is -2.11. The van der Waals surface area contributed by atoms with Crippen molar-refractivity contribution in [3.63, 3.8) is 0 Å². The molecule has 2 unspecified atom stereocenters. The Labute approximate surface area is 112 Å². The zero-order chi connectivity index (χ0) is 13.4. The van der Waals surface area contributed by atoms with Crippen LogP contribution >= 0.6 is 0 Å². The highest BCUT2D eigenvalue weighted by molar-refractivity contribution is 5.78. The average Bonchev–Trinajstić information content (AvgIpc) is 2.94. The highest BCUT2D eigenvalue weighted by atomic mass is 16.5. The Morgan fingerprint density at radius 2 is 2.26 bits per heavy atom. The first-order valence-corrected chi connectivity index (χ1v) is 6.69. The van der Waals surface area contributed by atoms with Gasteiger partial charge < -0.3 is 10.5 Å². The van der Waals surface area contributed by atoms with Gasteiger partial charge >= 0.3 is 0 Å². The lowest BCUT2D eigenvalue weighted by atomic mass is 10.1. The molecule has 0 aliphatic heterocycles. The van der Waals surface area contributed by atoms with Crippen molar-refractivity contribution in [3.05, 3.63) is 6.33 Å². The van der Waals surface area contributed by atoms with Gasteiger partial charge in [-0.1, -0.05) is 13.3 Å².